The van der Waals surface area contributed by atoms with Crippen molar-refractivity contribution in [3.05, 3.63) is 107 Å². The number of benzene rings is 3. The predicted octanol–water partition coefficient (Wildman–Crippen LogP) is 6.02. The highest BCUT2D eigenvalue weighted by molar-refractivity contribution is 6.09. The Morgan fingerprint density at radius 3 is 2.32 bits per heavy atom. The summed E-state index contributed by atoms with van der Waals surface area (Å²) in [7, 11) is 3.17. The lowest BCUT2D eigenvalue weighted by Gasteiger charge is -2.37. The van der Waals surface area contributed by atoms with Crippen LogP contribution < -0.4 is 9.47 Å². The highest BCUT2D eigenvalue weighted by atomic mass is 16.5. The summed E-state index contributed by atoms with van der Waals surface area (Å²) >= 11 is 0. The molecule has 1 aliphatic heterocycles. The molecule has 1 aliphatic carbocycles. The van der Waals surface area contributed by atoms with Gasteiger partial charge in [0, 0.05) is 41.0 Å². The number of ether oxygens (including phenoxy) is 3. The van der Waals surface area contributed by atoms with Gasteiger partial charge in [-0.15, -0.1) is 0 Å². The monoisotopic (exact) mass is 509 g/mol. The van der Waals surface area contributed by atoms with E-state index < -0.39 is 17.8 Å². The summed E-state index contributed by atoms with van der Waals surface area (Å²) in [6, 6.07) is 25.1. The van der Waals surface area contributed by atoms with Gasteiger partial charge >= 0.3 is 5.97 Å². The molecule has 3 aromatic carbocycles. The van der Waals surface area contributed by atoms with E-state index in [4.69, 9.17) is 19.2 Å². The number of rotatable bonds is 7. The number of carbonyl (C=O) groups excluding carboxylic acids is 2. The molecule has 0 aromatic heterocycles. The van der Waals surface area contributed by atoms with Crippen molar-refractivity contribution >= 4 is 17.5 Å². The van der Waals surface area contributed by atoms with Gasteiger partial charge in [-0.3, -0.25) is 14.6 Å². The molecule has 0 bridgehead atoms. The number of carbonyl (C=O) groups is 2. The van der Waals surface area contributed by atoms with Crippen molar-refractivity contribution in [3.8, 4) is 11.5 Å². The van der Waals surface area contributed by atoms with Crippen LogP contribution in [0.15, 0.2) is 95.1 Å². The fraction of sp³-hybridized carbons (Fsp3) is 0.281. The minimum atomic E-state index is -0.753. The van der Waals surface area contributed by atoms with Gasteiger partial charge in [0.05, 0.1) is 14.2 Å². The maximum Gasteiger partial charge on any atom is 0.315 e. The lowest BCUT2D eigenvalue weighted by Crippen LogP contribution is -2.38. The first kappa shape index (κ1) is 25.5. The normalized spacial score (nSPS) is 20.9. The topological polar surface area (TPSA) is 74.2 Å². The number of aliphatic imine (C=N–C) groups is 1. The third-order valence-corrected chi connectivity index (χ3v) is 7.41. The lowest BCUT2D eigenvalue weighted by atomic mass is 9.69. The van der Waals surface area contributed by atoms with Crippen LogP contribution in [0.2, 0.25) is 0 Å². The molecule has 3 atom stereocenters. The molecule has 2 aliphatic rings. The lowest BCUT2D eigenvalue weighted by molar-refractivity contribution is -0.148. The summed E-state index contributed by atoms with van der Waals surface area (Å²) in [6.45, 7) is 1.99. The Hall–Kier alpha value is -4.19. The van der Waals surface area contributed by atoms with Crippen LogP contribution in [0.5, 0.6) is 11.5 Å². The van der Waals surface area contributed by atoms with Crippen LogP contribution in [0.3, 0.4) is 0 Å². The molecule has 0 amide bonds. The van der Waals surface area contributed by atoms with Gasteiger partial charge < -0.3 is 14.2 Å². The average molecular weight is 510 g/mol. The van der Waals surface area contributed by atoms with Gasteiger partial charge in [0.2, 0.25) is 0 Å². The zero-order chi connectivity index (χ0) is 26.6. The molecule has 6 nitrogen and oxygen atoms in total. The fourth-order valence-electron chi connectivity index (χ4n) is 5.56. The first-order valence-electron chi connectivity index (χ1n) is 12.8. The first-order chi connectivity index (χ1) is 18.5. The van der Waals surface area contributed by atoms with Crippen molar-refractivity contribution in [2.75, 3.05) is 14.2 Å². The van der Waals surface area contributed by atoms with E-state index >= 15 is 0 Å². The molecular formula is C32H31NO5. The Balaban J connectivity index is 1.56. The second-order valence-electron chi connectivity index (χ2n) is 9.71. The average Bonchev–Trinajstić information content (AvgIpc) is 2.95. The third-order valence-electron chi connectivity index (χ3n) is 7.41. The SMILES string of the molecule is COc1ccc([C@H]2C3=C(C[C@@H](c4ccccc4)CC3=O)N=C(C)C2C(=O)OCc2ccccc2)c(OC)c1. The highest BCUT2D eigenvalue weighted by Crippen LogP contribution is 2.49. The summed E-state index contributed by atoms with van der Waals surface area (Å²) in [5.74, 6) is -0.521. The molecule has 1 heterocycles. The van der Waals surface area contributed by atoms with E-state index in [0.717, 1.165) is 22.4 Å². The zero-order valence-electron chi connectivity index (χ0n) is 21.8. The van der Waals surface area contributed by atoms with Gasteiger partial charge in [-0.2, -0.15) is 0 Å². The molecule has 0 fully saturated rings. The molecule has 0 N–H and O–H groups in total. The van der Waals surface area contributed by atoms with Gasteiger partial charge in [0.25, 0.3) is 0 Å². The Morgan fingerprint density at radius 1 is 0.921 bits per heavy atom. The van der Waals surface area contributed by atoms with Crippen LogP contribution in [0, 0.1) is 5.92 Å². The Labute approximate surface area is 223 Å². The smallest absolute Gasteiger partial charge is 0.315 e. The van der Waals surface area contributed by atoms with Crippen LogP contribution in [0.4, 0.5) is 0 Å². The molecule has 38 heavy (non-hydrogen) atoms. The molecule has 0 radical (unpaired) electrons. The molecule has 0 saturated heterocycles. The number of esters is 1. The second-order valence-corrected chi connectivity index (χ2v) is 9.71. The largest absolute Gasteiger partial charge is 0.497 e. The van der Waals surface area contributed by atoms with Crippen molar-refractivity contribution < 1.29 is 23.8 Å². The quantitative estimate of drug-likeness (QED) is 0.364. The van der Waals surface area contributed by atoms with E-state index in [0.29, 0.717) is 35.6 Å². The third kappa shape index (κ3) is 4.99. The molecule has 3 aromatic rings. The number of hydrogen-bond donors (Lipinski definition) is 0. The van der Waals surface area contributed by atoms with Crippen molar-refractivity contribution in [1.82, 2.24) is 0 Å². The maximum absolute atomic E-state index is 13.8. The fourth-order valence-corrected chi connectivity index (χ4v) is 5.56. The maximum atomic E-state index is 13.8. The van der Waals surface area contributed by atoms with Crippen LogP contribution in [-0.4, -0.2) is 31.7 Å². The van der Waals surface area contributed by atoms with E-state index in [1.807, 2.05) is 67.6 Å². The van der Waals surface area contributed by atoms with Gasteiger partial charge in [0.1, 0.15) is 24.0 Å². The first-order valence-corrected chi connectivity index (χ1v) is 12.8. The predicted molar refractivity (Wildman–Crippen MR) is 146 cm³/mol. The number of allylic oxidation sites excluding steroid dienone is 2. The number of Topliss-reactive ketones (excluding diaryl/α,β-unsaturated/α-hetero) is 1. The number of methoxy groups -OCH3 is 2. The van der Waals surface area contributed by atoms with Gasteiger partial charge in [0.15, 0.2) is 5.78 Å². The molecule has 194 valence electrons. The molecular weight excluding hydrogens is 478 g/mol. The van der Waals surface area contributed by atoms with Gasteiger partial charge in [-0.05, 0) is 36.5 Å². The molecule has 0 saturated carbocycles. The van der Waals surface area contributed by atoms with E-state index in [-0.39, 0.29) is 18.3 Å². The summed E-state index contributed by atoms with van der Waals surface area (Å²) in [6.07, 6.45) is 0.987. The molecule has 5 rings (SSSR count). The van der Waals surface area contributed by atoms with E-state index in [2.05, 4.69) is 12.1 Å². The summed E-state index contributed by atoms with van der Waals surface area (Å²) < 4.78 is 16.9. The van der Waals surface area contributed by atoms with Crippen molar-refractivity contribution in [2.24, 2.45) is 10.9 Å². The Kier molecular flexibility index (Phi) is 7.40. The number of hydrogen-bond acceptors (Lipinski definition) is 6. The minimum Gasteiger partial charge on any atom is -0.497 e. The number of nitrogens with zero attached hydrogens (tertiary/aromatic N) is 1. The summed E-state index contributed by atoms with van der Waals surface area (Å²) in [5, 5.41) is 0. The van der Waals surface area contributed by atoms with Crippen molar-refractivity contribution in [2.45, 2.75) is 38.2 Å². The van der Waals surface area contributed by atoms with E-state index in [9.17, 15) is 9.59 Å². The van der Waals surface area contributed by atoms with E-state index in [1.165, 1.54) is 0 Å². The minimum absolute atomic E-state index is 0.0000774. The summed E-state index contributed by atoms with van der Waals surface area (Å²) in [4.78, 5) is 32.3. The van der Waals surface area contributed by atoms with Crippen LogP contribution in [0.1, 0.15) is 48.3 Å². The zero-order valence-corrected chi connectivity index (χ0v) is 21.8. The standard InChI is InChI=1S/C32H31NO5/c1-20-29(32(35)38-19-21-10-6-4-7-11-21)30(25-15-14-24(36-2)18-28(25)37-3)31-26(33-20)16-23(17-27(31)34)22-12-8-5-9-13-22/h4-15,18,23,29-30H,16-17,19H2,1-3H3/t23-,29?,30-/m1/s1. The van der Waals surface area contributed by atoms with Crippen LogP contribution in [0.25, 0.3) is 0 Å². The summed E-state index contributed by atoms with van der Waals surface area (Å²) in [5.41, 5.74) is 4.69. The highest BCUT2D eigenvalue weighted by Gasteiger charge is 2.45. The van der Waals surface area contributed by atoms with Gasteiger partial charge in [-0.25, -0.2) is 0 Å². The Bertz CT molecular complexity index is 1390. The van der Waals surface area contributed by atoms with Crippen LogP contribution >= 0.6 is 0 Å². The molecule has 6 heteroatoms. The van der Waals surface area contributed by atoms with Crippen LogP contribution in [-0.2, 0) is 20.9 Å². The second kappa shape index (κ2) is 11.1. The number of ketones is 1. The molecule has 1 unspecified atom stereocenters. The van der Waals surface area contributed by atoms with E-state index in [1.54, 1.807) is 20.3 Å². The van der Waals surface area contributed by atoms with Crippen molar-refractivity contribution in [3.63, 3.8) is 0 Å². The Morgan fingerprint density at radius 2 is 1.63 bits per heavy atom. The van der Waals surface area contributed by atoms with Crippen molar-refractivity contribution in [1.29, 1.82) is 0 Å². The molecule has 0 spiro atoms. The van der Waals surface area contributed by atoms with Gasteiger partial charge in [-0.1, -0.05) is 66.7 Å².